The number of aromatic nitrogens is 2. The number of ether oxygens (including phenoxy) is 1. The molecule has 0 amide bonds. The van der Waals surface area contributed by atoms with Crippen LogP contribution < -0.4 is 32.0 Å². The fraction of sp³-hybridized carbons (Fsp3) is 0.158. The molecule has 0 saturated carbocycles. The van der Waals surface area contributed by atoms with Crippen LogP contribution in [0.25, 0.3) is 21.1 Å². The maximum Gasteiger partial charge on any atom is 0.333 e. The standard InChI is InChI=1S/C19H17N3OS.BrH/c1-12-8-13-4-3-7-21-18(13)14(9-12)11-22-16-6-5-15(23-2)10-17(16)24-19(22)20;/h3-10,20H,11H2,1-2H3;1H. The Kier molecular flexibility index (Phi) is 4.92. The largest absolute Gasteiger partial charge is 1.00 e. The molecule has 0 spiro atoms. The van der Waals surface area contributed by atoms with Gasteiger partial charge in [-0.2, -0.15) is 0 Å². The number of benzene rings is 2. The van der Waals surface area contributed by atoms with Crippen molar-refractivity contribution in [2.24, 2.45) is 0 Å². The minimum atomic E-state index is 0. The number of hydrogen-bond acceptors (Lipinski definition) is 4. The predicted molar refractivity (Wildman–Crippen MR) is 98.6 cm³/mol. The van der Waals surface area contributed by atoms with Gasteiger partial charge in [0.25, 0.3) is 0 Å². The number of halogens is 1. The van der Waals surface area contributed by atoms with E-state index in [2.05, 4.69) is 40.7 Å². The molecule has 4 nitrogen and oxygen atoms in total. The highest BCUT2D eigenvalue weighted by molar-refractivity contribution is 7.21. The first kappa shape index (κ1) is 17.6. The number of anilines is 1. The maximum absolute atomic E-state index is 6.30. The van der Waals surface area contributed by atoms with E-state index in [-0.39, 0.29) is 17.0 Å². The summed E-state index contributed by atoms with van der Waals surface area (Å²) < 4.78 is 8.57. The van der Waals surface area contributed by atoms with Gasteiger partial charge >= 0.3 is 5.13 Å². The van der Waals surface area contributed by atoms with Crippen molar-refractivity contribution in [2.45, 2.75) is 13.5 Å². The number of methoxy groups -OCH3 is 1. The highest BCUT2D eigenvalue weighted by atomic mass is 79.9. The van der Waals surface area contributed by atoms with E-state index in [0.717, 1.165) is 32.0 Å². The van der Waals surface area contributed by atoms with E-state index in [9.17, 15) is 0 Å². The van der Waals surface area contributed by atoms with Gasteiger partial charge in [0.05, 0.1) is 17.3 Å². The Hall–Kier alpha value is -2.18. The summed E-state index contributed by atoms with van der Waals surface area (Å²) in [5.41, 5.74) is 10.8. The summed E-state index contributed by atoms with van der Waals surface area (Å²) in [6.07, 6.45) is 1.84. The number of pyridine rings is 1. The Morgan fingerprint density at radius 1 is 1.20 bits per heavy atom. The normalized spacial score (nSPS) is 10.8. The third-order valence-corrected chi connectivity index (χ3v) is 5.17. The molecule has 0 unspecified atom stereocenters. The van der Waals surface area contributed by atoms with E-state index >= 15 is 0 Å². The van der Waals surface area contributed by atoms with Crippen molar-refractivity contribution in [3.8, 4) is 5.75 Å². The van der Waals surface area contributed by atoms with E-state index < -0.39 is 0 Å². The van der Waals surface area contributed by atoms with Crippen LogP contribution in [0.5, 0.6) is 5.75 Å². The van der Waals surface area contributed by atoms with Gasteiger partial charge in [-0.05, 0) is 54.2 Å². The van der Waals surface area contributed by atoms with Crippen LogP contribution in [0.4, 0.5) is 5.13 Å². The SMILES string of the molecule is COc1ccc2c(c1)sc(N)[n+]2Cc1cc(C)cc2cccnc12.[Br-]. The smallest absolute Gasteiger partial charge is 0.333 e. The molecule has 4 rings (SSSR count). The molecule has 0 saturated heterocycles. The molecular weight excluding hydrogens is 398 g/mol. The van der Waals surface area contributed by atoms with E-state index in [1.165, 1.54) is 11.1 Å². The van der Waals surface area contributed by atoms with Gasteiger partial charge in [-0.25, -0.2) is 4.57 Å². The minimum Gasteiger partial charge on any atom is -1.00 e. The van der Waals surface area contributed by atoms with Gasteiger partial charge in [0, 0.05) is 23.2 Å². The van der Waals surface area contributed by atoms with Crippen LogP contribution >= 0.6 is 11.3 Å². The van der Waals surface area contributed by atoms with Crippen LogP contribution in [0.15, 0.2) is 48.7 Å². The molecule has 0 aliphatic carbocycles. The molecule has 0 atom stereocenters. The molecule has 0 aliphatic rings. The Bertz CT molecular complexity index is 1060. The van der Waals surface area contributed by atoms with Gasteiger partial charge in [0.2, 0.25) is 0 Å². The van der Waals surface area contributed by atoms with Crippen LogP contribution in [-0.4, -0.2) is 12.1 Å². The highest BCUT2D eigenvalue weighted by Gasteiger charge is 2.17. The number of nitrogen functional groups attached to an aromatic ring is 1. The van der Waals surface area contributed by atoms with Crippen molar-refractivity contribution >= 4 is 37.6 Å². The van der Waals surface area contributed by atoms with Crippen molar-refractivity contribution < 1.29 is 26.3 Å². The molecular formula is C19H18BrN3OS. The summed E-state index contributed by atoms with van der Waals surface area (Å²) in [6.45, 7) is 2.81. The molecule has 4 aromatic rings. The molecule has 25 heavy (non-hydrogen) atoms. The summed E-state index contributed by atoms with van der Waals surface area (Å²) in [5.74, 6) is 0.846. The van der Waals surface area contributed by atoms with Crippen LogP contribution in [0.1, 0.15) is 11.1 Å². The van der Waals surface area contributed by atoms with Gasteiger partial charge < -0.3 is 21.7 Å². The number of rotatable bonds is 3. The monoisotopic (exact) mass is 415 g/mol. The third kappa shape index (κ3) is 3.19. The predicted octanol–water partition coefficient (Wildman–Crippen LogP) is 0.689. The van der Waals surface area contributed by atoms with Crippen molar-refractivity contribution in [3.63, 3.8) is 0 Å². The molecule has 0 aliphatic heterocycles. The molecule has 2 N–H and O–H groups in total. The second-order valence-corrected chi connectivity index (χ2v) is 6.92. The summed E-state index contributed by atoms with van der Waals surface area (Å²) in [7, 11) is 1.68. The summed E-state index contributed by atoms with van der Waals surface area (Å²) in [4.78, 5) is 4.57. The molecule has 6 heteroatoms. The topological polar surface area (TPSA) is 52.0 Å². The first-order chi connectivity index (χ1) is 11.7. The van der Waals surface area contributed by atoms with Crippen LogP contribution in [0.2, 0.25) is 0 Å². The third-order valence-electron chi connectivity index (χ3n) is 4.19. The Morgan fingerprint density at radius 2 is 2.04 bits per heavy atom. The van der Waals surface area contributed by atoms with Gasteiger partial charge in [0.15, 0.2) is 0 Å². The zero-order valence-electron chi connectivity index (χ0n) is 14.0. The lowest BCUT2D eigenvalue weighted by atomic mass is 10.1. The maximum atomic E-state index is 6.30. The van der Waals surface area contributed by atoms with Crippen molar-refractivity contribution in [3.05, 3.63) is 59.8 Å². The number of thiazole rings is 1. The average Bonchev–Trinajstić information content (AvgIpc) is 2.89. The summed E-state index contributed by atoms with van der Waals surface area (Å²) in [6, 6.07) is 14.5. The van der Waals surface area contributed by atoms with Gasteiger partial charge in [-0.1, -0.05) is 6.07 Å². The van der Waals surface area contributed by atoms with Crippen LogP contribution in [0, 0.1) is 6.92 Å². The van der Waals surface area contributed by atoms with E-state index in [4.69, 9.17) is 10.5 Å². The number of nitrogens with two attached hydrogens (primary N) is 1. The van der Waals surface area contributed by atoms with E-state index in [0.29, 0.717) is 6.54 Å². The minimum absolute atomic E-state index is 0. The van der Waals surface area contributed by atoms with Gasteiger partial charge in [-0.3, -0.25) is 10.7 Å². The second-order valence-electron chi connectivity index (χ2n) is 5.86. The Balaban J connectivity index is 0.00000182. The van der Waals surface area contributed by atoms with E-state index in [1.54, 1.807) is 18.4 Å². The fourth-order valence-corrected chi connectivity index (χ4v) is 4.06. The van der Waals surface area contributed by atoms with Gasteiger partial charge in [0.1, 0.15) is 17.8 Å². The lowest BCUT2D eigenvalue weighted by molar-refractivity contribution is -0.643. The molecule has 2 aromatic carbocycles. The van der Waals surface area contributed by atoms with Gasteiger partial charge in [-0.15, -0.1) is 0 Å². The molecule has 0 radical (unpaired) electrons. The molecule has 0 fully saturated rings. The lowest BCUT2D eigenvalue weighted by Gasteiger charge is -2.07. The Labute approximate surface area is 160 Å². The quantitative estimate of drug-likeness (QED) is 0.500. The molecule has 0 bridgehead atoms. The number of hydrogen-bond donors (Lipinski definition) is 1. The van der Waals surface area contributed by atoms with E-state index in [1.807, 2.05) is 24.4 Å². The fourth-order valence-electron chi connectivity index (χ4n) is 3.10. The molecule has 2 heterocycles. The van der Waals surface area contributed by atoms with Crippen LogP contribution in [0.3, 0.4) is 0 Å². The average molecular weight is 416 g/mol. The number of fused-ring (bicyclic) bond motifs is 2. The first-order valence-corrected chi connectivity index (χ1v) is 8.57. The summed E-state index contributed by atoms with van der Waals surface area (Å²) in [5, 5.41) is 1.94. The number of nitrogens with zero attached hydrogens (tertiary/aromatic N) is 2. The van der Waals surface area contributed by atoms with Crippen LogP contribution in [-0.2, 0) is 6.54 Å². The highest BCUT2D eigenvalue weighted by Crippen LogP contribution is 2.27. The second kappa shape index (κ2) is 6.98. The molecule has 128 valence electrons. The summed E-state index contributed by atoms with van der Waals surface area (Å²) >= 11 is 1.58. The number of aryl methyl sites for hydroxylation is 1. The zero-order valence-corrected chi connectivity index (χ0v) is 16.4. The van der Waals surface area contributed by atoms with Crippen molar-refractivity contribution in [2.75, 3.05) is 12.8 Å². The molecule has 2 aromatic heterocycles. The van der Waals surface area contributed by atoms with Crippen molar-refractivity contribution in [1.82, 2.24) is 4.98 Å². The van der Waals surface area contributed by atoms with Crippen molar-refractivity contribution in [1.29, 1.82) is 0 Å². The first-order valence-electron chi connectivity index (χ1n) is 7.76. The lowest BCUT2D eigenvalue weighted by Crippen LogP contribution is -3.00. The zero-order chi connectivity index (χ0) is 16.7. The Morgan fingerprint density at radius 3 is 2.84 bits per heavy atom.